The number of benzene rings is 3. The van der Waals surface area contributed by atoms with E-state index in [9.17, 15) is 4.79 Å². The van der Waals surface area contributed by atoms with Gasteiger partial charge in [0, 0.05) is 5.39 Å². The smallest absolute Gasteiger partial charge is 0.307 e. The molecule has 1 heterocycles. The molecule has 0 bridgehead atoms. The Morgan fingerprint density at radius 1 is 1.06 bits per heavy atom. The van der Waals surface area contributed by atoms with E-state index in [1.807, 2.05) is 73.7 Å². The number of hydrazone groups is 1. The largest absolute Gasteiger partial charge is 0.490 e. The number of para-hydroxylation sites is 1. The van der Waals surface area contributed by atoms with E-state index in [2.05, 4.69) is 33.1 Å². The number of nitrogens with one attached hydrogen (secondary N) is 1. The number of halogens is 1. The second kappa shape index (κ2) is 10.3. The van der Waals surface area contributed by atoms with E-state index in [4.69, 9.17) is 13.9 Å². The summed E-state index contributed by atoms with van der Waals surface area (Å²) in [6.07, 6.45) is 1.56. The van der Waals surface area contributed by atoms with Crippen LogP contribution in [0.2, 0.25) is 0 Å². The molecule has 4 aromatic rings. The SMILES string of the molecule is CCOc1cc(/C=N/NC(=O)c2cc3ccccc3o2)cc(I)c1OCc1ccccc1. The Hall–Kier alpha value is -3.33. The molecule has 0 saturated carbocycles. The van der Waals surface area contributed by atoms with Gasteiger partial charge in [0.25, 0.3) is 0 Å². The van der Waals surface area contributed by atoms with E-state index in [1.165, 1.54) is 0 Å². The van der Waals surface area contributed by atoms with Crippen LogP contribution >= 0.6 is 22.6 Å². The number of hydrogen-bond donors (Lipinski definition) is 1. The third-order valence-corrected chi connectivity index (χ3v) is 5.39. The van der Waals surface area contributed by atoms with Gasteiger partial charge in [0.1, 0.15) is 12.2 Å². The maximum Gasteiger partial charge on any atom is 0.307 e. The molecule has 1 amide bonds. The second-order valence-corrected chi connectivity index (χ2v) is 8.05. The van der Waals surface area contributed by atoms with Crippen molar-refractivity contribution in [1.29, 1.82) is 0 Å². The molecule has 4 rings (SSSR count). The molecule has 32 heavy (non-hydrogen) atoms. The molecule has 0 saturated heterocycles. The molecule has 0 atom stereocenters. The molecule has 1 N–H and O–H groups in total. The summed E-state index contributed by atoms with van der Waals surface area (Å²) in [6, 6.07) is 22.8. The molecule has 162 valence electrons. The van der Waals surface area contributed by atoms with Gasteiger partial charge in [-0.15, -0.1) is 0 Å². The normalized spacial score (nSPS) is 11.1. The Balaban J connectivity index is 1.46. The second-order valence-electron chi connectivity index (χ2n) is 6.88. The highest BCUT2D eigenvalue weighted by atomic mass is 127. The molecule has 1 aromatic heterocycles. The van der Waals surface area contributed by atoms with E-state index >= 15 is 0 Å². The van der Waals surface area contributed by atoms with Crippen LogP contribution < -0.4 is 14.9 Å². The van der Waals surface area contributed by atoms with Gasteiger partial charge in [-0.3, -0.25) is 4.79 Å². The first kappa shape index (κ1) is 21.9. The molecular weight excluding hydrogens is 519 g/mol. The predicted molar refractivity (Wildman–Crippen MR) is 132 cm³/mol. The van der Waals surface area contributed by atoms with Crippen LogP contribution in [0.1, 0.15) is 28.6 Å². The summed E-state index contributed by atoms with van der Waals surface area (Å²) in [5.41, 5.74) is 5.01. The van der Waals surface area contributed by atoms with Crippen LogP contribution in [-0.2, 0) is 6.61 Å². The summed E-state index contributed by atoms with van der Waals surface area (Å²) in [6.45, 7) is 2.86. The van der Waals surface area contributed by atoms with E-state index in [1.54, 1.807) is 12.3 Å². The van der Waals surface area contributed by atoms with E-state index in [0.717, 1.165) is 20.1 Å². The number of ether oxygens (including phenoxy) is 2. The average molecular weight is 540 g/mol. The van der Waals surface area contributed by atoms with Crippen molar-refractivity contribution in [3.8, 4) is 11.5 Å². The number of hydrogen-bond acceptors (Lipinski definition) is 5. The highest BCUT2D eigenvalue weighted by molar-refractivity contribution is 14.1. The third kappa shape index (κ3) is 5.28. The van der Waals surface area contributed by atoms with Crippen molar-refractivity contribution in [3.63, 3.8) is 0 Å². The fraction of sp³-hybridized carbons (Fsp3) is 0.120. The van der Waals surface area contributed by atoms with Gasteiger partial charge >= 0.3 is 5.91 Å². The molecule has 7 heteroatoms. The van der Waals surface area contributed by atoms with Gasteiger partial charge in [0.2, 0.25) is 0 Å². The number of rotatable bonds is 8. The van der Waals surface area contributed by atoms with Crippen LogP contribution in [0, 0.1) is 3.57 Å². The van der Waals surface area contributed by atoms with Crippen LogP contribution in [0.15, 0.2) is 82.3 Å². The maximum atomic E-state index is 12.4. The summed E-state index contributed by atoms with van der Waals surface area (Å²) in [4.78, 5) is 12.4. The van der Waals surface area contributed by atoms with E-state index in [-0.39, 0.29) is 5.76 Å². The number of amides is 1. The van der Waals surface area contributed by atoms with Crippen molar-refractivity contribution < 1.29 is 18.7 Å². The van der Waals surface area contributed by atoms with Gasteiger partial charge in [0.15, 0.2) is 17.3 Å². The zero-order chi connectivity index (χ0) is 22.3. The monoisotopic (exact) mass is 540 g/mol. The first-order valence-corrected chi connectivity index (χ1v) is 11.2. The molecule has 0 spiro atoms. The van der Waals surface area contributed by atoms with Crippen molar-refractivity contribution in [2.45, 2.75) is 13.5 Å². The van der Waals surface area contributed by atoms with Gasteiger partial charge < -0.3 is 13.9 Å². The molecule has 0 aliphatic rings. The predicted octanol–water partition coefficient (Wildman–Crippen LogP) is 5.78. The highest BCUT2D eigenvalue weighted by Gasteiger charge is 2.13. The van der Waals surface area contributed by atoms with Crippen LogP contribution in [0.4, 0.5) is 0 Å². The Morgan fingerprint density at radius 3 is 2.62 bits per heavy atom. The van der Waals surface area contributed by atoms with Crippen molar-refractivity contribution in [3.05, 3.63) is 93.3 Å². The lowest BCUT2D eigenvalue weighted by Gasteiger charge is -2.14. The number of nitrogens with zero attached hydrogens (tertiary/aromatic N) is 1. The first-order valence-electron chi connectivity index (χ1n) is 10.1. The van der Waals surface area contributed by atoms with Gasteiger partial charge in [-0.05, 0) is 64.9 Å². The van der Waals surface area contributed by atoms with Crippen molar-refractivity contribution >= 4 is 45.7 Å². The zero-order valence-electron chi connectivity index (χ0n) is 17.4. The van der Waals surface area contributed by atoms with Gasteiger partial charge in [-0.25, -0.2) is 5.43 Å². The Kier molecular flexibility index (Phi) is 7.06. The highest BCUT2D eigenvalue weighted by Crippen LogP contribution is 2.34. The Labute approximate surface area is 199 Å². The molecule has 3 aromatic carbocycles. The lowest BCUT2D eigenvalue weighted by molar-refractivity contribution is 0.0929. The van der Waals surface area contributed by atoms with Gasteiger partial charge in [-0.2, -0.15) is 5.10 Å². The van der Waals surface area contributed by atoms with Gasteiger partial charge in [0.05, 0.1) is 16.4 Å². The average Bonchev–Trinajstić information content (AvgIpc) is 3.24. The van der Waals surface area contributed by atoms with E-state index < -0.39 is 5.91 Å². The zero-order valence-corrected chi connectivity index (χ0v) is 19.5. The van der Waals surface area contributed by atoms with Crippen LogP contribution in [-0.4, -0.2) is 18.7 Å². The third-order valence-electron chi connectivity index (χ3n) is 4.59. The molecule has 0 aliphatic heterocycles. The summed E-state index contributed by atoms with van der Waals surface area (Å²) >= 11 is 2.21. The molecule has 0 unspecified atom stereocenters. The molecule has 0 aliphatic carbocycles. The summed E-state index contributed by atoms with van der Waals surface area (Å²) in [5.74, 6) is 1.10. The lowest BCUT2D eigenvalue weighted by Crippen LogP contribution is -2.16. The Morgan fingerprint density at radius 2 is 1.84 bits per heavy atom. The number of fused-ring (bicyclic) bond motifs is 1. The summed E-state index contributed by atoms with van der Waals surface area (Å²) in [7, 11) is 0. The quantitative estimate of drug-likeness (QED) is 0.175. The number of furan rings is 1. The van der Waals surface area contributed by atoms with Crippen molar-refractivity contribution in [2.75, 3.05) is 6.61 Å². The van der Waals surface area contributed by atoms with Crippen LogP contribution in [0.5, 0.6) is 11.5 Å². The number of carbonyl (C=O) groups excluding carboxylic acids is 1. The van der Waals surface area contributed by atoms with Gasteiger partial charge in [-0.1, -0.05) is 48.5 Å². The van der Waals surface area contributed by atoms with Crippen molar-refractivity contribution in [1.82, 2.24) is 5.43 Å². The minimum Gasteiger partial charge on any atom is -0.490 e. The fourth-order valence-corrected chi connectivity index (χ4v) is 3.89. The summed E-state index contributed by atoms with van der Waals surface area (Å²) < 4.78 is 18.3. The Bertz CT molecular complexity index is 1220. The standard InChI is InChI=1S/C25H21IN2O4/c1-2-30-22-13-18(12-20(26)24(22)31-16-17-8-4-3-5-9-17)15-27-28-25(29)23-14-19-10-6-7-11-21(19)32-23/h3-15H,2,16H2,1H3,(H,28,29)/b27-15+. The first-order chi connectivity index (χ1) is 15.6. The van der Waals surface area contributed by atoms with Crippen molar-refractivity contribution in [2.24, 2.45) is 5.10 Å². The molecule has 0 radical (unpaired) electrons. The minimum atomic E-state index is -0.417. The molecule has 0 fully saturated rings. The molecular formula is C25H21IN2O4. The van der Waals surface area contributed by atoms with Crippen LogP contribution in [0.25, 0.3) is 11.0 Å². The minimum absolute atomic E-state index is 0.206. The van der Waals surface area contributed by atoms with E-state index in [0.29, 0.717) is 30.3 Å². The summed E-state index contributed by atoms with van der Waals surface area (Å²) in [5, 5.41) is 4.93. The fourth-order valence-electron chi connectivity index (χ4n) is 3.11. The number of carbonyl (C=O) groups is 1. The topological polar surface area (TPSA) is 73.1 Å². The van der Waals surface area contributed by atoms with Crippen LogP contribution in [0.3, 0.4) is 0 Å². The lowest BCUT2D eigenvalue weighted by atomic mass is 10.2. The maximum absolute atomic E-state index is 12.4. The molecule has 6 nitrogen and oxygen atoms in total.